The van der Waals surface area contributed by atoms with Crippen LogP contribution in [-0.4, -0.2) is 61.9 Å². The van der Waals surface area contributed by atoms with Gasteiger partial charge in [-0.3, -0.25) is 20.4 Å². The molecular formula is C33H43N5O5S. The highest BCUT2D eigenvalue weighted by molar-refractivity contribution is 7.89. The molecule has 10 nitrogen and oxygen atoms in total. The number of sulfonamides is 1. The number of rotatable bonds is 14. The Bertz CT molecular complexity index is 1540. The topological polar surface area (TPSA) is 146 Å². The van der Waals surface area contributed by atoms with Gasteiger partial charge in [0.25, 0.3) is 0 Å². The molecule has 0 saturated carbocycles. The summed E-state index contributed by atoms with van der Waals surface area (Å²) in [5.41, 5.74) is 3.33. The molecule has 0 saturated heterocycles. The number of nitrogens with zero attached hydrogens (tertiary/aromatic N) is 2. The SMILES string of the molecule is CCCCN(Cc1cccc(C(=N)NC(=O)OC(C)N(CC)CC)c1)C(=O)Cc1ccc(-c2ccccc2S(N)(=O)=O)cc1. The lowest BCUT2D eigenvalue weighted by atomic mass is 10.0. The molecule has 0 fully saturated rings. The monoisotopic (exact) mass is 621 g/mol. The van der Waals surface area contributed by atoms with Crippen LogP contribution in [0, 0.1) is 5.41 Å². The van der Waals surface area contributed by atoms with Gasteiger partial charge in [0.05, 0.1) is 11.3 Å². The third-order valence-electron chi connectivity index (χ3n) is 7.37. The van der Waals surface area contributed by atoms with Crippen molar-refractivity contribution in [2.24, 2.45) is 5.14 Å². The maximum atomic E-state index is 13.4. The molecule has 0 bridgehead atoms. The van der Waals surface area contributed by atoms with E-state index in [4.69, 9.17) is 15.3 Å². The number of unbranched alkanes of at least 4 members (excludes halogenated alkanes) is 1. The Hall–Kier alpha value is -4.06. The molecule has 0 heterocycles. The quantitative estimate of drug-likeness (QED) is 0.130. The summed E-state index contributed by atoms with van der Waals surface area (Å²) in [6, 6.07) is 21.0. The van der Waals surface area contributed by atoms with E-state index in [1.165, 1.54) is 6.07 Å². The normalized spacial score (nSPS) is 12.0. The van der Waals surface area contributed by atoms with Gasteiger partial charge in [0.15, 0.2) is 6.23 Å². The number of amides is 2. The molecule has 4 N–H and O–H groups in total. The van der Waals surface area contributed by atoms with Crippen LogP contribution >= 0.6 is 0 Å². The van der Waals surface area contributed by atoms with Gasteiger partial charge in [0.2, 0.25) is 15.9 Å². The number of primary sulfonamides is 1. The second-order valence-corrected chi connectivity index (χ2v) is 12.0. The zero-order valence-electron chi connectivity index (χ0n) is 25.9. The summed E-state index contributed by atoms with van der Waals surface area (Å²) >= 11 is 0. The lowest BCUT2D eigenvalue weighted by Crippen LogP contribution is -2.40. The Balaban J connectivity index is 1.69. The highest BCUT2D eigenvalue weighted by Crippen LogP contribution is 2.27. The fraction of sp³-hybridized carbons (Fsp3) is 0.364. The van der Waals surface area contributed by atoms with Crippen molar-refractivity contribution < 1.29 is 22.7 Å². The minimum absolute atomic E-state index is 0.0474. The van der Waals surface area contributed by atoms with Crippen LogP contribution in [0.3, 0.4) is 0 Å². The number of ether oxygens (including phenoxy) is 1. The minimum Gasteiger partial charge on any atom is -0.430 e. The van der Waals surface area contributed by atoms with Gasteiger partial charge in [-0.1, -0.05) is 87.9 Å². The van der Waals surface area contributed by atoms with Gasteiger partial charge in [0, 0.05) is 24.2 Å². The second kappa shape index (κ2) is 16.1. The van der Waals surface area contributed by atoms with Crippen molar-refractivity contribution in [1.29, 1.82) is 5.41 Å². The average Bonchev–Trinajstić information content (AvgIpc) is 2.99. The maximum Gasteiger partial charge on any atom is 0.414 e. The fourth-order valence-corrected chi connectivity index (χ4v) is 5.66. The maximum absolute atomic E-state index is 13.4. The van der Waals surface area contributed by atoms with E-state index in [1.54, 1.807) is 60.4 Å². The lowest BCUT2D eigenvalue weighted by Gasteiger charge is -2.26. The zero-order chi connectivity index (χ0) is 32.3. The van der Waals surface area contributed by atoms with Crippen molar-refractivity contribution in [2.45, 2.75) is 64.6 Å². The Morgan fingerprint density at radius 1 is 0.955 bits per heavy atom. The number of nitrogens with one attached hydrogen (secondary N) is 2. The van der Waals surface area contributed by atoms with Crippen LogP contribution in [0.5, 0.6) is 0 Å². The van der Waals surface area contributed by atoms with E-state index >= 15 is 0 Å². The summed E-state index contributed by atoms with van der Waals surface area (Å²) in [5.74, 6) is -0.136. The van der Waals surface area contributed by atoms with E-state index in [-0.39, 0.29) is 23.1 Å². The molecule has 0 aliphatic heterocycles. The van der Waals surface area contributed by atoms with Crippen LogP contribution in [-0.2, 0) is 32.5 Å². The first-order valence-electron chi connectivity index (χ1n) is 14.8. The molecule has 0 aliphatic rings. The van der Waals surface area contributed by atoms with E-state index < -0.39 is 22.3 Å². The molecule has 0 aromatic heterocycles. The van der Waals surface area contributed by atoms with E-state index in [2.05, 4.69) is 12.2 Å². The van der Waals surface area contributed by atoms with Crippen molar-refractivity contribution in [3.8, 4) is 11.1 Å². The van der Waals surface area contributed by atoms with E-state index in [9.17, 15) is 18.0 Å². The Kier molecular flexibility index (Phi) is 12.6. The van der Waals surface area contributed by atoms with Gasteiger partial charge in [-0.15, -0.1) is 0 Å². The third-order valence-corrected chi connectivity index (χ3v) is 8.34. The first-order chi connectivity index (χ1) is 21.0. The molecular weight excluding hydrogens is 578 g/mol. The van der Waals surface area contributed by atoms with Crippen LogP contribution in [0.15, 0.2) is 77.7 Å². The number of carbonyl (C=O) groups excluding carboxylic acids is 2. The average molecular weight is 622 g/mol. The number of carbonyl (C=O) groups is 2. The largest absolute Gasteiger partial charge is 0.430 e. The molecule has 1 atom stereocenters. The van der Waals surface area contributed by atoms with Crippen LogP contribution in [0.2, 0.25) is 0 Å². The second-order valence-electron chi connectivity index (χ2n) is 10.5. The summed E-state index contributed by atoms with van der Waals surface area (Å²) in [6.45, 7) is 10.2. The van der Waals surface area contributed by atoms with Crippen LogP contribution in [0.4, 0.5) is 4.79 Å². The highest BCUT2D eigenvalue weighted by Gasteiger charge is 2.19. The van der Waals surface area contributed by atoms with Gasteiger partial charge >= 0.3 is 6.09 Å². The Morgan fingerprint density at radius 2 is 1.64 bits per heavy atom. The van der Waals surface area contributed by atoms with Crippen LogP contribution in [0.25, 0.3) is 11.1 Å². The predicted molar refractivity (Wildman–Crippen MR) is 173 cm³/mol. The number of benzene rings is 3. The first-order valence-corrected chi connectivity index (χ1v) is 16.4. The standard InChI is InChI=1S/C33H43N5O5S/c1-5-8-20-38(23-26-12-11-13-28(21-26)32(34)36-33(40)43-24(4)37(6-2)7-3)31(39)22-25-16-18-27(19-17-25)29-14-9-10-15-30(29)44(35,41)42/h9-19,21,24H,5-8,20,22-23H2,1-4H3,(H2,34,36,40)(H2,35,41,42). The molecule has 44 heavy (non-hydrogen) atoms. The predicted octanol–water partition coefficient (Wildman–Crippen LogP) is 5.11. The van der Waals surface area contributed by atoms with E-state index in [0.29, 0.717) is 29.8 Å². The summed E-state index contributed by atoms with van der Waals surface area (Å²) < 4.78 is 29.5. The van der Waals surface area contributed by atoms with Crippen molar-refractivity contribution in [3.63, 3.8) is 0 Å². The number of alkyl carbamates (subject to hydrolysis) is 1. The highest BCUT2D eigenvalue weighted by atomic mass is 32.2. The Labute approximate surface area is 260 Å². The van der Waals surface area contributed by atoms with Crippen molar-refractivity contribution in [1.82, 2.24) is 15.1 Å². The minimum atomic E-state index is -3.89. The molecule has 1 unspecified atom stereocenters. The molecule has 236 valence electrons. The molecule has 3 aromatic carbocycles. The number of hydrogen-bond acceptors (Lipinski definition) is 7. The molecule has 11 heteroatoms. The molecule has 0 spiro atoms. The fourth-order valence-electron chi connectivity index (χ4n) is 4.90. The third kappa shape index (κ3) is 9.73. The van der Waals surface area contributed by atoms with Gasteiger partial charge in [-0.05, 0) is 55.3 Å². The number of hydrogen-bond donors (Lipinski definition) is 3. The molecule has 3 aromatic rings. The summed E-state index contributed by atoms with van der Waals surface area (Å²) in [4.78, 5) is 29.7. The summed E-state index contributed by atoms with van der Waals surface area (Å²) in [7, 11) is -3.89. The zero-order valence-corrected chi connectivity index (χ0v) is 26.7. The molecule has 3 rings (SSSR count). The van der Waals surface area contributed by atoms with Gasteiger partial charge in [0.1, 0.15) is 5.84 Å². The summed E-state index contributed by atoms with van der Waals surface area (Å²) in [5, 5.41) is 16.3. The summed E-state index contributed by atoms with van der Waals surface area (Å²) in [6.07, 6.45) is 0.817. The molecule has 0 radical (unpaired) electrons. The number of nitrogens with two attached hydrogens (primary N) is 1. The molecule has 0 aliphatic carbocycles. The van der Waals surface area contributed by atoms with Gasteiger partial charge in [-0.25, -0.2) is 18.4 Å². The van der Waals surface area contributed by atoms with Crippen LogP contribution in [0.1, 0.15) is 57.2 Å². The van der Waals surface area contributed by atoms with Gasteiger partial charge in [-0.2, -0.15) is 0 Å². The first kappa shape index (κ1) is 34.4. The van der Waals surface area contributed by atoms with E-state index in [1.807, 2.05) is 36.9 Å². The van der Waals surface area contributed by atoms with Crippen LogP contribution < -0.4 is 10.5 Å². The molecule has 2 amide bonds. The van der Waals surface area contributed by atoms with Crippen molar-refractivity contribution in [3.05, 3.63) is 89.5 Å². The smallest absolute Gasteiger partial charge is 0.414 e. The van der Waals surface area contributed by atoms with Gasteiger partial charge < -0.3 is 9.64 Å². The van der Waals surface area contributed by atoms with Crippen molar-refractivity contribution >= 4 is 27.9 Å². The lowest BCUT2D eigenvalue weighted by molar-refractivity contribution is -0.131. The number of amidine groups is 1. The van der Waals surface area contributed by atoms with Crippen molar-refractivity contribution in [2.75, 3.05) is 19.6 Å². The Morgan fingerprint density at radius 3 is 2.27 bits per heavy atom. The van der Waals surface area contributed by atoms with E-state index in [0.717, 1.165) is 37.1 Å².